The summed E-state index contributed by atoms with van der Waals surface area (Å²) < 4.78 is 0. The van der Waals surface area contributed by atoms with Crippen LogP contribution < -0.4 is 0 Å². The van der Waals surface area contributed by atoms with E-state index in [4.69, 9.17) is 5.11 Å². The molecule has 4 nitrogen and oxygen atoms in total. The Hall–Kier alpha value is -1.62. The summed E-state index contributed by atoms with van der Waals surface area (Å²) in [6.45, 7) is 3.87. The maximum Gasteiger partial charge on any atom is 0.328 e. The smallest absolute Gasteiger partial charge is 0.328 e. The first-order valence-corrected chi connectivity index (χ1v) is 7.68. The van der Waals surface area contributed by atoms with Crippen molar-refractivity contribution in [2.45, 2.75) is 26.2 Å². The fourth-order valence-electron chi connectivity index (χ4n) is 2.33. The molecule has 1 aromatic heterocycles. The average molecular weight is 293 g/mol. The lowest BCUT2D eigenvalue weighted by atomic mass is 10.0. The van der Waals surface area contributed by atoms with Gasteiger partial charge < -0.3 is 10.0 Å². The van der Waals surface area contributed by atoms with Crippen molar-refractivity contribution < 1.29 is 14.7 Å². The van der Waals surface area contributed by atoms with Gasteiger partial charge in [0.25, 0.3) is 5.91 Å². The van der Waals surface area contributed by atoms with Gasteiger partial charge in [-0.15, -0.1) is 11.3 Å². The fourth-order valence-corrected chi connectivity index (χ4v) is 3.21. The number of carbonyl (C=O) groups excluding carboxylic acids is 1. The molecule has 2 rings (SSSR count). The number of rotatable bonds is 3. The molecule has 5 heteroatoms. The second kappa shape index (κ2) is 6.70. The maximum absolute atomic E-state index is 12.4. The molecule has 0 radical (unpaired) electrons. The highest BCUT2D eigenvalue weighted by Gasteiger charge is 2.20. The summed E-state index contributed by atoms with van der Waals surface area (Å²) in [4.78, 5) is 26.3. The molecular weight excluding hydrogens is 274 g/mol. The van der Waals surface area contributed by atoms with Crippen molar-refractivity contribution in [3.8, 4) is 0 Å². The second-order valence-corrected chi connectivity index (χ2v) is 6.32. The third kappa shape index (κ3) is 3.93. The van der Waals surface area contributed by atoms with E-state index in [0.717, 1.165) is 36.9 Å². The number of thiophene rings is 1. The van der Waals surface area contributed by atoms with Crippen LogP contribution in [-0.2, 0) is 4.79 Å². The molecule has 0 spiro atoms. The zero-order chi connectivity index (χ0) is 14.5. The lowest BCUT2D eigenvalue weighted by Gasteiger charge is -2.19. The van der Waals surface area contributed by atoms with Crippen molar-refractivity contribution in [1.82, 2.24) is 4.90 Å². The number of amides is 1. The molecular formula is C15H19NO3S. The number of aliphatic carboxylic acids is 1. The molecule has 1 N–H and O–H groups in total. The van der Waals surface area contributed by atoms with Crippen molar-refractivity contribution in [3.63, 3.8) is 0 Å². The van der Waals surface area contributed by atoms with Gasteiger partial charge in [0.05, 0.1) is 4.88 Å². The van der Waals surface area contributed by atoms with Crippen LogP contribution in [0.2, 0.25) is 0 Å². The first-order valence-electron chi connectivity index (χ1n) is 6.86. The summed E-state index contributed by atoms with van der Waals surface area (Å²) in [5.74, 6) is -0.225. The van der Waals surface area contributed by atoms with E-state index in [2.05, 4.69) is 6.92 Å². The predicted octanol–water partition coefficient (Wildman–Crippen LogP) is 3.11. The van der Waals surface area contributed by atoms with Crippen molar-refractivity contribution in [2.75, 3.05) is 13.1 Å². The fraction of sp³-hybridized carbons (Fsp3) is 0.467. The van der Waals surface area contributed by atoms with Gasteiger partial charge >= 0.3 is 5.97 Å². The van der Waals surface area contributed by atoms with Gasteiger partial charge in [-0.2, -0.15) is 0 Å². The summed E-state index contributed by atoms with van der Waals surface area (Å²) in [6, 6.07) is 3.57. The Morgan fingerprint density at radius 2 is 2.15 bits per heavy atom. The van der Waals surface area contributed by atoms with Gasteiger partial charge in [-0.3, -0.25) is 4.79 Å². The van der Waals surface area contributed by atoms with Gasteiger partial charge in [-0.25, -0.2) is 4.79 Å². The summed E-state index contributed by atoms with van der Waals surface area (Å²) >= 11 is 1.34. The monoisotopic (exact) mass is 293 g/mol. The molecule has 20 heavy (non-hydrogen) atoms. The summed E-state index contributed by atoms with van der Waals surface area (Å²) in [7, 11) is 0. The average Bonchev–Trinajstić information content (AvgIpc) is 2.78. The molecule has 0 aromatic carbocycles. The summed E-state index contributed by atoms with van der Waals surface area (Å²) in [5.41, 5.74) is 0. The Morgan fingerprint density at radius 1 is 1.35 bits per heavy atom. The van der Waals surface area contributed by atoms with E-state index in [1.165, 1.54) is 23.8 Å². The van der Waals surface area contributed by atoms with Crippen LogP contribution in [0.15, 0.2) is 18.2 Å². The zero-order valence-electron chi connectivity index (χ0n) is 11.5. The van der Waals surface area contributed by atoms with E-state index in [-0.39, 0.29) is 5.91 Å². The van der Waals surface area contributed by atoms with E-state index in [1.54, 1.807) is 12.1 Å². The molecule has 0 aliphatic carbocycles. The van der Waals surface area contributed by atoms with E-state index < -0.39 is 5.97 Å². The second-order valence-electron chi connectivity index (χ2n) is 5.20. The molecule has 1 saturated heterocycles. The first-order chi connectivity index (χ1) is 9.56. The van der Waals surface area contributed by atoms with E-state index in [0.29, 0.717) is 10.8 Å². The van der Waals surface area contributed by atoms with Crippen LogP contribution in [-0.4, -0.2) is 35.0 Å². The van der Waals surface area contributed by atoms with Crippen molar-refractivity contribution >= 4 is 29.3 Å². The van der Waals surface area contributed by atoms with Crippen LogP contribution in [0.5, 0.6) is 0 Å². The minimum Gasteiger partial charge on any atom is -0.478 e. The molecule has 1 unspecified atom stereocenters. The number of carboxylic acids is 1. The van der Waals surface area contributed by atoms with Crippen molar-refractivity contribution in [2.24, 2.45) is 5.92 Å². The van der Waals surface area contributed by atoms with Crippen LogP contribution in [0, 0.1) is 5.92 Å². The standard InChI is InChI=1S/C15H19NO3S/c1-11-3-2-9-16(10-8-11)15(19)13-6-4-12(20-13)5-7-14(17)18/h4-7,11H,2-3,8-10H2,1H3,(H,17,18). The molecule has 0 bridgehead atoms. The van der Waals surface area contributed by atoms with Crippen LogP contribution in [0.4, 0.5) is 0 Å². The highest BCUT2D eigenvalue weighted by molar-refractivity contribution is 7.14. The molecule has 2 heterocycles. The van der Waals surface area contributed by atoms with Crippen LogP contribution >= 0.6 is 11.3 Å². The van der Waals surface area contributed by atoms with Gasteiger partial charge in [0, 0.05) is 24.0 Å². The van der Waals surface area contributed by atoms with Gasteiger partial charge in [0.15, 0.2) is 0 Å². The Morgan fingerprint density at radius 3 is 2.90 bits per heavy atom. The Balaban J connectivity index is 2.03. The molecule has 108 valence electrons. The first kappa shape index (κ1) is 14.8. The summed E-state index contributed by atoms with van der Waals surface area (Å²) in [5, 5.41) is 8.59. The van der Waals surface area contributed by atoms with E-state index >= 15 is 0 Å². The molecule has 1 fully saturated rings. The Kier molecular flexibility index (Phi) is 4.95. The predicted molar refractivity (Wildman–Crippen MR) is 79.9 cm³/mol. The van der Waals surface area contributed by atoms with Crippen molar-refractivity contribution in [3.05, 3.63) is 28.0 Å². The SMILES string of the molecule is CC1CCCN(C(=O)c2ccc(C=CC(=O)O)s2)CC1. The normalized spacial score (nSPS) is 20.1. The van der Waals surface area contributed by atoms with E-state index in [9.17, 15) is 9.59 Å². The highest BCUT2D eigenvalue weighted by atomic mass is 32.1. The molecule has 1 amide bonds. The van der Waals surface area contributed by atoms with Gasteiger partial charge in [-0.1, -0.05) is 6.92 Å². The molecule has 1 aliphatic rings. The molecule has 1 atom stereocenters. The molecule has 1 aromatic rings. The van der Waals surface area contributed by atoms with Gasteiger partial charge in [0.2, 0.25) is 0 Å². The third-order valence-electron chi connectivity index (χ3n) is 3.53. The zero-order valence-corrected chi connectivity index (χ0v) is 12.4. The summed E-state index contributed by atoms with van der Waals surface area (Å²) in [6.07, 6.45) is 5.91. The number of carbonyl (C=O) groups is 2. The lowest BCUT2D eigenvalue weighted by Crippen LogP contribution is -2.31. The quantitative estimate of drug-likeness (QED) is 0.871. The van der Waals surface area contributed by atoms with E-state index in [1.807, 2.05) is 4.90 Å². The van der Waals surface area contributed by atoms with Crippen molar-refractivity contribution in [1.29, 1.82) is 0 Å². The lowest BCUT2D eigenvalue weighted by molar-refractivity contribution is -0.131. The van der Waals surface area contributed by atoms with Crippen LogP contribution in [0.3, 0.4) is 0 Å². The number of hydrogen-bond acceptors (Lipinski definition) is 3. The number of carboxylic acid groups (broad SMARTS) is 1. The number of likely N-dealkylation sites (tertiary alicyclic amines) is 1. The van der Waals surface area contributed by atoms with Gasteiger partial charge in [0.1, 0.15) is 0 Å². The molecule has 0 saturated carbocycles. The number of hydrogen-bond donors (Lipinski definition) is 1. The number of nitrogens with zero attached hydrogens (tertiary/aromatic N) is 1. The van der Waals surface area contributed by atoms with Crippen LogP contribution in [0.1, 0.15) is 40.7 Å². The Bertz CT molecular complexity index is 521. The maximum atomic E-state index is 12.4. The highest BCUT2D eigenvalue weighted by Crippen LogP contribution is 2.22. The minimum atomic E-state index is -0.979. The minimum absolute atomic E-state index is 0.0686. The largest absolute Gasteiger partial charge is 0.478 e. The van der Waals surface area contributed by atoms with Gasteiger partial charge in [-0.05, 0) is 43.4 Å². The topological polar surface area (TPSA) is 57.6 Å². The Labute approximate surface area is 122 Å². The third-order valence-corrected chi connectivity index (χ3v) is 4.57. The van der Waals surface area contributed by atoms with Crippen LogP contribution in [0.25, 0.3) is 6.08 Å². The molecule has 1 aliphatic heterocycles.